The van der Waals surface area contributed by atoms with Crippen LogP contribution in [-0.2, 0) is 50.0 Å². The van der Waals surface area contributed by atoms with E-state index in [0.717, 1.165) is 0 Å². The van der Waals surface area contributed by atoms with Crippen LogP contribution < -0.4 is 0 Å². The van der Waals surface area contributed by atoms with E-state index in [1.165, 1.54) is 0 Å². The van der Waals surface area contributed by atoms with Gasteiger partial charge < -0.3 is 19.3 Å². The van der Waals surface area contributed by atoms with Crippen LogP contribution in [0.4, 0.5) is 0 Å². The molecule has 7 heteroatoms. The largest absolute Gasteiger partial charge is 0.479 e. The molecule has 0 spiro atoms. The third kappa shape index (κ3) is 5.42. The molecule has 0 aromatic heterocycles. The molecule has 0 aromatic carbocycles. The fraction of sp³-hybridized carbons (Fsp3) is 0.833. The maximum atomic E-state index is 12.3. The molecule has 6 nitrogen and oxygen atoms in total. The predicted octanol–water partition coefficient (Wildman–Crippen LogP) is 1.22. The molecule has 1 N–H and O–H groups in total. The van der Waals surface area contributed by atoms with Crippen molar-refractivity contribution in [1.82, 2.24) is 0 Å². The van der Waals surface area contributed by atoms with E-state index >= 15 is 0 Å². The second-order valence-corrected chi connectivity index (χ2v) is 3.53. The molecule has 19 heavy (non-hydrogen) atoms. The summed E-state index contributed by atoms with van der Waals surface area (Å²) in [6.07, 6.45) is -1.19. The second kappa shape index (κ2) is 10.7. The number of carboxylic acid groups (broad SMARTS) is 1. The fourth-order valence-electron chi connectivity index (χ4n) is 1.60. The van der Waals surface area contributed by atoms with Gasteiger partial charge in [0.05, 0.1) is 0 Å². The average molecular weight is 354 g/mol. The minimum absolute atomic E-state index is 0. The molecule has 0 bridgehead atoms. The van der Waals surface area contributed by atoms with Crippen molar-refractivity contribution in [3.63, 3.8) is 0 Å². The molecular weight excluding hydrogens is 331 g/mol. The summed E-state index contributed by atoms with van der Waals surface area (Å²) >= 11 is 0. The van der Waals surface area contributed by atoms with Gasteiger partial charge in [-0.3, -0.25) is 4.79 Å². The molecule has 0 aliphatic heterocycles. The number of hydrogen-bond acceptors (Lipinski definition) is 5. The number of Topliss-reactive ketones (excluding diaryl/α,β-unsaturated/α-hetero) is 1. The van der Waals surface area contributed by atoms with Gasteiger partial charge in [0.15, 0.2) is 0 Å². The van der Waals surface area contributed by atoms with Gasteiger partial charge in [-0.2, -0.15) is 0 Å². The topological polar surface area (TPSA) is 82.1 Å². The van der Waals surface area contributed by atoms with Gasteiger partial charge >= 0.3 is 5.97 Å². The Balaban J connectivity index is 0. The normalized spacial score (nSPS) is 13.7. The van der Waals surface area contributed by atoms with Crippen LogP contribution in [0.5, 0.6) is 0 Å². The van der Waals surface area contributed by atoms with Crippen molar-refractivity contribution in [3.05, 3.63) is 0 Å². The number of ether oxygens (including phenoxy) is 3. The number of carbonyl (C=O) groups excluding carboxylic acids is 1. The van der Waals surface area contributed by atoms with Gasteiger partial charge in [0.2, 0.25) is 17.7 Å². The molecule has 0 fully saturated rings. The Kier molecular flexibility index (Phi) is 11.9. The second-order valence-electron chi connectivity index (χ2n) is 3.53. The SMILES string of the molecule is CCOC(OCC)C(=O)C(CC)(OCC)C(=O)O.[Zr]. The molecule has 0 rings (SSSR count). The van der Waals surface area contributed by atoms with Crippen LogP contribution in [0.3, 0.4) is 0 Å². The monoisotopic (exact) mass is 352 g/mol. The first kappa shape index (κ1) is 21.2. The maximum Gasteiger partial charge on any atom is 0.344 e. The molecule has 0 aliphatic carbocycles. The summed E-state index contributed by atoms with van der Waals surface area (Å²) in [5.41, 5.74) is -1.90. The van der Waals surface area contributed by atoms with E-state index in [1.807, 2.05) is 0 Å². The Morgan fingerprint density at radius 2 is 1.53 bits per heavy atom. The van der Waals surface area contributed by atoms with Crippen LogP contribution in [0.1, 0.15) is 34.1 Å². The molecule has 0 saturated carbocycles. The summed E-state index contributed by atoms with van der Waals surface area (Å²) in [7, 11) is 0. The molecule has 110 valence electrons. The molecule has 0 radical (unpaired) electrons. The van der Waals surface area contributed by atoms with Crippen molar-refractivity contribution >= 4 is 11.8 Å². The first-order valence-electron chi connectivity index (χ1n) is 6.14. The minimum atomic E-state index is -1.90. The molecule has 0 heterocycles. The number of aliphatic carboxylic acids is 1. The summed E-state index contributed by atoms with van der Waals surface area (Å²) in [5, 5.41) is 9.25. The van der Waals surface area contributed by atoms with Gasteiger partial charge in [0.1, 0.15) is 0 Å². The van der Waals surface area contributed by atoms with Gasteiger partial charge in [0.25, 0.3) is 0 Å². The zero-order chi connectivity index (χ0) is 14.2. The Labute approximate surface area is 132 Å². The third-order valence-corrected chi connectivity index (χ3v) is 2.48. The Hall–Kier alpha value is -0.0969. The van der Waals surface area contributed by atoms with Gasteiger partial charge in [-0.1, -0.05) is 6.92 Å². The number of ketones is 1. The fourth-order valence-corrected chi connectivity index (χ4v) is 1.60. The molecule has 1 unspecified atom stereocenters. The van der Waals surface area contributed by atoms with Crippen molar-refractivity contribution in [2.24, 2.45) is 0 Å². The predicted molar refractivity (Wildman–Crippen MR) is 64.3 cm³/mol. The Bertz CT molecular complexity index is 277. The quantitative estimate of drug-likeness (QED) is 0.470. The van der Waals surface area contributed by atoms with E-state index < -0.39 is 23.6 Å². The average Bonchev–Trinajstić information content (AvgIpc) is 2.34. The first-order chi connectivity index (χ1) is 8.49. The molecule has 0 aromatic rings. The van der Waals surface area contributed by atoms with E-state index in [-0.39, 0.29) is 52.4 Å². The van der Waals surface area contributed by atoms with Crippen molar-refractivity contribution in [3.8, 4) is 0 Å². The number of hydrogen-bond donors (Lipinski definition) is 1. The van der Waals surface area contributed by atoms with Crippen molar-refractivity contribution in [2.45, 2.75) is 46.0 Å². The molecule has 0 amide bonds. The number of carbonyl (C=O) groups is 2. The summed E-state index contributed by atoms with van der Waals surface area (Å²) < 4.78 is 15.4. The third-order valence-electron chi connectivity index (χ3n) is 2.48. The van der Waals surface area contributed by atoms with Crippen LogP contribution in [-0.4, -0.2) is 48.6 Å². The molecule has 1 atom stereocenters. The summed E-state index contributed by atoms with van der Waals surface area (Å²) in [5.74, 6) is -2.02. The van der Waals surface area contributed by atoms with E-state index in [1.54, 1.807) is 27.7 Å². The smallest absolute Gasteiger partial charge is 0.344 e. The van der Waals surface area contributed by atoms with Crippen molar-refractivity contribution in [1.29, 1.82) is 0 Å². The first-order valence-corrected chi connectivity index (χ1v) is 6.14. The van der Waals surface area contributed by atoms with E-state index in [0.29, 0.717) is 0 Å². The van der Waals surface area contributed by atoms with Crippen molar-refractivity contribution < 1.29 is 55.1 Å². The van der Waals surface area contributed by atoms with Crippen LogP contribution in [0.15, 0.2) is 0 Å². The van der Waals surface area contributed by atoms with E-state index in [2.05, 4.69) is 0 Å². The minimum Gasteiger partial charge on any atom is -0.479 e. The van der Waals surface area contributed by atoms with Gasteiger partial charge in [-0.25, -0.2) is 4.79 Å². The van der Waals surface area contributed by atoms with Gasteiger partial charge in [-0.15, -0.1) is 0 Å². The van der Waals surface area contributed by atoms with Crippen LogP contribution in [0.2, 0.25) is 0 Å². The summed E-state index contributed by atoms with van der Waals surface area (Å²) in [6.45, 7) is 7.25. The standard InChI is InChI=1S/C12H22O6.Zr/c1-5-12(11(14)15,18-8-4)9(13)10(16-6-2)17-7-3;/h10H,5-8H2,1-4H3,(H,14,15);. The van der Waals surface area contributed by atoms with Crippen LogP contribution in [0, 0.1) is 0 Å². The maximum absolute atomic E-state index is 12.3. The Morgan fingerprint density at radius 3 is 1.79 bits per heavy atom. The Morgan fingerprint density at radius 1 is 1.05 bits per heavy atom. The molecular formula is C12H22O6Zr. The number of carboxylic acids is 1. The zero-order valence-electron chi connectivity index (χ0n) is 11.9. The van der Waals surface area contributed by atoms with E-state index in [9.17, 15) is 14.7 Å². The summed E-state index contributed by atoms with van der Waals surface area (Å²) in [4.78, 5) is 23.6. The van der Waals surface area contributed by atoms with Gasteiger partial charge in [-0.05, 0) is 27.2 Å². The van der Waals surface area contributed by atoms with Crippen molar-refractivity contribution in [2.75, 3.05) is 19.8 Å². The zero-order valence-corrected chi connectivity index (χ0v) is 14.4. The van der Waals surface area contributed by atoms with Crippen LogP contribution >= 0.6 is 0 Å². The molecule has 0 saturated heterocycles. The number of rotatable bonds is 10. The molecule has 0 aliphatic rings. The summed E-state index contributed by atoms with van der Waals surface area (Å²) in [6, 6.07) is 0. The van der Waals surface area contributed by atoms with Gasteiger partial charge in [0, 0.05) is 46.0 Å². The van der Waals surface area contributed by atoms with Crippen LogP contribution in [0.25, 0.3) is 0 Å². The van der Waals surface area contributed by atoms with E-state index in [4.69, 9.17) is 14.2 Å².